The summed E-state index contributed by atoms with van der Waals surface area (Å²) >= 11 is 0. The van der Waals surface area contributed by atoms with Gasteiger partial charge in [-0.05, 0) is 36.4 Å². The van der Waals surface area contributed by atoms with Gasteiger partial charge in [-0.1, -0.05) is 0 Å². The summed E-state index contributed by atoms with van der Waals surface area (Å²) < 4.78 is 64.6. The average molecular weight is 358 g/mol. The largest absolute Gasteiger partial charge is 0.416 e. The number of nitrogens with one attached hydrogen (secondary N) is 2. The normalized spacial score (nSPS) is 11.1. The van der Waals surface area contributed by atoms with Crippen LogP contribution in [0.2, 0.25) is 0 Å². The molecule has 0 aromatic heterocycles. The van der Waals surface area contributed by atoms with E-state index in [0.717, 1.165) is 25.1 Å². The van der Waals surface area contributed by atoms with Crippen molar-refractivity contribution in [3.63, 3.8) is 0 Å². The van der Waals surface area contributed by atoms with Gasteiger partial charge in [0.25, 0.3) is 5.91 Å². The van der Waals surface area contributed by atoms with Gasteiger partial charge in [-0.2, -0.15) is 13.2 Å². The summed E-state index contributed by atoms with van der Waals surface area (Å²) in [6.45, 7) is 1.14. The van der Waals surface area contributed by atoms with Gasteiger partial charge in [0.2, 0.25) is 5.91 Å². The first-order valence-electron chi connectivity index (χ1n) is 6.83. The third-order valence-corrected chi connectivity index (χ3v) is 3.09. The van der Waals surface area contributed by atoms with E-state index in [0.29, 0.717) is 18.2 Å². The van der Waals surface area contributed by atoms with Crippen LogP contribution in [0.1, 0.15) is 22.8 Å². The Balaban J connectivity index is 2.39. The quantitative estimate of drug-likeness (QED) is 0.808. The van der Waals surface area contributed by atoms with Crippen molar-refractivity contribution in [3.05, 3.63) is 59.2 Å². The lowest BCUT2D eigenvalue weighted by atomic mass is 10.1. The third-order valence-electron chi connectivity index (χ3n) is 3.09. The van der Waals surface area contributed by atoms with E-state index in [1.807, 2.05) is 0 Å². The molecule has 0 fully saturated rings. The zero-order valence-corrected chi connectivity index (χ0v) is 12.7. The maximum atomic E-state index is 13.2. The van der Waals surface area contributed by atoms with E-state index in [1.54, 1.807) is 0 Å². The van der Waals surface area contributed by atoms with Crippen molar-refractivity contribution in [3.8, 4) is 0 Å². The summed E-state index contributed by atoms with van der Waals surface area (Å²) in [6, 6.07) is 4.63. The average Bonchev–Trinajstić information content (AvgIpc) is 2.50. The molecule has 0 atom stereocenters. The van der Waals surface area contributed by atoms with Crippen molar-refractivity contribution < 1.29 is 31.5 Å². The van der Waals surface area contributed by atoms with Crippen LogP contribution >= 0.6 is 0 Å². The van der Waals surface area contributed by atoms with E-state index in [-0.39, 0.29) is 16.9 Å². The second-order valence-electron chi connectivity index (χ2n) is 5.02. The van der Waals surface area contributed by atoms with Crippen LogP contribution in [0.3, 0.4) is 0 Å². The molecule has 0 aliphatic rings. The van der Waals surface area contributed by atoms with Crippen molar-refractivity contribution in [2.75, 3.05) is 10.6 Å². The highest BCUT2D eigenvalue weighted by molar-refractivity contribution is 6.07. The Morgan fingerprint density at radius 2 is 1.56 bits per heavy atom. The maximum Gasteiger partial charge on any atom is 0.416 e. The molecule has 132 valence electrons. The number of hydrogen-bond donors (Lipinski definition) is 2. The van der Waals surface area contributed by atoms with E-state index in [2.05, 4.69) is 10.6 Å². The Morgan fingerprint density at radius 3 is 2.12 bits per heavy atom. The van der Waals surface area contributed by atoms with Crippen LogP contribution in [0, 0.1) is 11.6 Å². The number of anilines is 2. The minimum atomic E-state index is -4.67. The Bertz CT molecular complexity index is 834. The number of carbonyl (C=O) groups is 2. The number of amides is 2. The van der Waals surface area contributed by atoms with Gasteiger partial charge < -0.3 is 10.6 Å². The van der Waals surface area contributed by atoms with Crippen LogP contribution in [-0.4, -0.2) is 11.8 Å². The Kier molecular flexibility index (Phi) is 5.05. The highest BCUT2D eigenvalue weighted by Crippen LogP contribution is 2.34. The summed E-state index contributed by atoms with van der Waals surface area (Å²) in [5, 5.41) is 4.42. The first-order valence-corrected chi connectivity index (χ1v) is 6.83. The van der Waals surface area contributed by atoms with Crippen LogP contribution in [0.4, 0.5) is 33.3 Å². The van der Waals surface area contributed by atoms with Crippen LogP contribution in [-0.2, 0) is 11.0 Å². The second-order valence-corrected chi connectivity index (χ2v) is 5.02. The summed E-state index contributed by atoms with van der Waals surface area (Å²) in [5.74, 6) is -3.98. The van der Waals surface area contributed by atoms with E-state index < -0.39 is 35.2 Å². The van der Waals surface area contributed by atoms with Crippen molar-refractivity contribution in [2.45, 2.75) is 13.1 Å². The lowest BCUT2D eigenvalue weighted by molar-refractivity contribution is -0.137. The Morgan fingerprint density at radius 1 is 0.880 bits per heavy atom. The molecule has 0 radical (unpaired) electrons. The zero-order valence-electron chi connectivity index (χ0n) is 12.7. The predicted octanol–water partition coefficient (Wildman–Crippen LogP) is 4.19. The van der Waals surface area contributed by atoms with Gasteiger partial charge in [0.05, 0.1) is 16.9 Å². The van der Waals surface area contributed by atoms with Gasteiger partial charge in [0.15, 0.2) is 11.6 Å². The molecule has 9 heteroatoms. The van der Waals surface area contributed by atoms with E-state index in [1.165, 1.54) is 0 Å². The molecule has 2 amide bonds. The summed E-state index contributed by atoms with van der Waals surface area (Å²) in [7, 11) is 0. The van der Waals surface area contributed by atoms with Crippen LogP contribution in [0.5, 0.6) is 0 Å². The highest BCUT2D eigenvalue weighted by atomic mass is 19.4. The molecule has 2 aromatic rings. The standard InChI is InChI=1S/C16H11F5N2O2/c1-8(24)22-13-5-3-10(16(19,20)21)7-14(13)23-15(25)9-2-4-11(17)12(18)6-9/h2-7H,1H3,(H,22,24)(H,23,25). The summed E-state index contributed by atoms with van der Waals surface area (Å²) in [4.78, 5) is 23.2. The number of carbonyl (C=O) groups excluding carboxylic acids is 2. The highest BCUT2D eigenvalue weighted by Gasteiger charge is 2.31. The first-order chi connectivity index (χ1) is 11.6. The van der Waals surface area contributed by atoms with Crippen molar-refractivity contribution >= 4 is 23.2 Å². The van der Waals surface area contributed by atoms with E-state index in [4.69, 9.17) is 0 Å². The van der Waals surface area contributed by atoms with E-state index in [9.17, 15) is 31.5 Å². The van der Waals surface area contributed by atoms with E-state index >= 15 is 0 Å². The molecule has 0 spiro atoms. The number of rotatable bonds is 3. The fourth-order valence-corrected chi connectivity index (χ4v) is 1.95. The molecule has 0 saturated carbocycles. The van der Waals surface area contributed by atoms with Gasteiger partial charge in [0, 0.05) is 12.5 Å². The molecule has 0 heterocycles. The van der Waals surface area contributed by atoms with Crippen molar-refractivity contribution in [1.82, 2.24) is 0 Å². The monoisotopic (exact) mass is 358 g/mol. The van der Waals surface area contributed by atoms with Gasteiger partial charge >= 0.3 is 6.18 Å². The molecule has 0 aliphatic heterocycles. The predicted molar refractivity (Wildman–Crippen MR) is 80.1 cm³/mol. The minimum Gasteiger partial charge on any atom is -0.325 e. The number of benzene rings is 2. The number of halogens is 5. The van der Waals surface area contributed by atoms with Gasteiger partial charge in [-0.3, -0.25) is 9.59 Å². The van der Waals surface area contributed by atoms with Gasteiger partial charge in [0.1, 0.15) is 0 Å². The lowest BCUT2D eigenvalue weighted by Gasteiger charge is -2.15. The molecule has 2 rings (SSSR count). The Labute approximate surface area is 138 Å². The van der Waals surface area contributed by atoms with Crippen LogP contribution < -0.4 is 10.6 Å². The molecule has 0 bridgehead atoms. The molecular weight excluding hydrogens is 347 g/mol. The summed E-state index contributed by atoms with van der Waals surface area (Å²) in [5.41, 5.74) is -1.76. The first kappa shape index (κ1) is 18.4. The molecule has 25 heavy (non-hydrogen) atoms. The van der Waals surface area contributed by atoms with Crippen molar-refractivity contribution in [2.24, 2.45) is 0 Å². The van der Waals surface area contributed by atoms with Crippen LogP contribution in [0.15, 0.2) is 36.4 Å². The van der Waals surface area contributed by atoms with Crippen LogP contribution in [0.25, 0.3) is 0 Å². The lowest BCUT2D eigenvalue weighted by Crippen LogP contribution is -2.17. The number of hydrogen-bond acceptors (Lipinski definition) is 2. The molecule has 4 nitrogen and oxygen atoms in total. The molecule has 0 aliphatic carbocycles. The van der Waals surface area contributed by atoms with Crippen molar-refractivity contribution in [1.29, 1.82) is 0 Å². The second kappa shape index (κ2) is 6.88. The molecule has 0 unspecified atom stereocenters. The molecule has 2 aromatic carbocycles. The Hall–Kier alpha value is -2.97. The summed E-state index contributed by atoms with van der Waals surface area (Å²) in [6.07, 6.45) is -4.67. The fourth-order valence-electron chi connectivity index (χ4n) is 1.95. The smallest absolute Gasteiger partial charge is 0.325 e. The topological polar surface area (TPSA) is 58.2 Å². The van der Waals surface area contributed by atoms with Gasteiger partial charge in [-0.15, -0.1) is 0 Å². The molecule has 2 N–H and O–H groups in total. The fraction of sp³-hybridized carbons (Fsp3) is 0.125. The molecular formula is C16H11F5N2O2. The zero-order chi connectivity index (χ0) is 18.8. The number of alkyl halides is 3. The molecule has 0 saturated heterocycles. The van der Waals surface area contributed by atoms with Gasteiger partial charge in [-0.25, -0.2) is 8.78 Å². The third kappa shape index (κ3) is 4.52. The SMILES string of the molecule is CC(=O)Nc1ccc(C(F)(F)F)cc1NC(=O)c1ccc(F)c(F)c1. The minimum absolute atomic E-state index is 0.0727. The maximum absolute atomic E-state index is 13.2.